The van der Waals surface area contributed by atoms with Gasteiger partial charge in [0.2, 0.25) is 0 Å². The van der Waals surface area contributed by atoms with Crippen LogP contribution in [0, 0.1) is 0 Å². The number of nitrogens with zero attached hydrogens (tertiary/aromatic N) is 1. The molecule has 2 aliphatic rings. The number of rotatable bonds is 3. The number of nitrogens with one attached hydrogen (secondary N) is 2. The summed E-state index contributed by atoms with van der Waals surface area (Å²) in [5.41, 5.74) is 1.75. The van der Waals surface area contributed by atoms with Crippen LogP contribution in [0.1, 0.15) is 25.3 Å². The summed E-state index contributed by atoms with van der Waals surface area (Å²) in [7, 11) is 0. The van der Waals surface area contributed by atoms with Crippen LogP contribution in [0.3, 0.4) is 0 Å². The van der Waals surface area contributed by atoms with Gasteiger partial charge in [0, 0.05) is 22.5 Å². The van der Waals surface area contributed by atoms with Gasteiger partial charge < -0.3 is 10.6 Å². The summed E-state index contributed by atoms with van der Waals surface area (Å²) in [6.07, 6.45) is 2.53. The van der Waals surface area contributed by atoms with Crippen molar-refractivity contribution in [3.63, 3.8) is 0 Å². The van der Waals surface area contributed by atoms with Crippen LogP contribution in [0.15, 0.2) is 33.7 Å². The van der Waals surface area contributed by atoms with Crippen LogP contribution < -0.4 is 10.6 Å². The number of hydrogen-bond acceptors (Lipinski definition) is 3. The number of benzene rings is 1. The van der Waals surface area contributed by atoms with Crippen LogP contribution in [0.4, 0.5) is 0 Å². The van der Waals surface area contributed by atoms with E-state index in [1.54, 1.807) is 0 Å². The zero-order chi connectivity index (χ0) is 12.6. The van der Waals surface area contributed by atoms with Gasteiger partial charge in [-0.15, -0.1) is 0 Å². The first-order valence-corrected chi connectivity index (χ1v) is 7.28. The molecule has 0 aromatic heterocycles. The number of hydrogen-bond donors (Lipinski definition) is 2. The number of halogens is 1. The van der Waals surface area contributed by atoms with Gasteiger partial charge in [0.05, 0.1) is 6.54 Å². The Morgan fingerprint density at radius 2 is 2.33 bits per heavy atom. The van der Waals surface area contributed by atoms with Crippen molar-refractivity contribution in [3.8, 4) is 0 Å². The number of guanidine groups is 1. The van der Waals surface area contributed by atoms with Crippen LogP contribution >= 0.6 is 15.9 Å². The Morgan fingerprint density at radius 1 is 1.50 bits per heavy atom. The predicted octanol–water partition coefficient (Wildman–Crippen LogP) is 2.42. The molecule has 1 aliphatic heterocycles. The van der Waals surface area contributed by atoms with Crippen LogP contribution in [-0.4, -0.2) is 25.1 Å². The molecule has 3 nitrogen and oxygen atoms in total. The Kier molecular flexibility index (Phi) is 3.06. The van der Waals surface area contributed by atoms with E-state index in [2.05, 4.69) is 62.7 Å². The summed E-state index contributed by atoms with van der Waals surface area (Å²) >= 11 is 3.55. The Balaban J connectivity index is 1.65. The van der Waals surface area contributed by atoms with Crippen molar-refractivity contribution in [1.82, 2.24) is 10.6 Å². The van der Waals surface area contributed by atoms with Gasteiger partial charge in [-0.1, -0.05) is 28.1 Å². The molecule has 4 heteroatoms. The van der Waals surface area contributed by atoms with E-state index >= 15 is 0 Å². The first-order chi connectivity index (χ1) is 8.68. The van der Waals surface area contributed by atoms with E-state index in [0.717, 1.165) is 23.5 Å². The second-order valence-corrected chi connectivity index (χ2v) is 6.29. The van der Waals surface area contributed by atoms with Crippen molar-refractivity contribution in [2.24, 2.45) is 4.99 Å². The van der Waals surface area contributed by atoms with Gasteiger partial charge in [-0.05, 0) is 37.5 Å². The molecule has 3 rings (SSSR count). The third kappa shape index (κ3) is 2.39. The molecule has 2 N–H and O–H groups in total. The average molecular weight is 308 g/mol. The standard InChI is InChI=1S/C14H18BrN3/c1-10-8-16-13(18-10)17-9-14(5-6-14)11-3-2-4-12(15)7-11/h2-4,7,10H,5-6,8-9H2,1H3,(H2,16,17,18). The third-order valence-corrected chi connectivity index (χ3v) is 4.28. The fourth-order valence-corrected chi connectivity index (χ4v) is 2.85. The monoisotopic (exact) mass is 307 g/mol. The largest absolute Gasteiger partial charge is 0.356 e. The van der Waals surface area contributed by atoms with E-state index in [-0.39, 0.29) is 0 Å². The van der Waals surface area contributed by atoms with E-state index in [1.165, 1.54) is 18.4 Å². The minimum atomic E-state index is 0.319. The normalized spacial score (nSPS) is 24.3. The highest BCUT2D eigenvalue weighted by molar-refractivity contribution is 9.10. The fourth-order valence-electron chi connectivity index (χ4n) is 2.45. The summed E-state index contributed by atoms with van der Waals surface area (Å²) in [6, 6.07) is 9.13. The minimum absolute atomic E-state index is 0.319. The molecule has 0 amide bonds. The van der Waals surface area contributed by atoms with E-state index < -0.39 is 0 Å². The highest BCUT2D eigenvalue weighted by atomic mass is 79.9. The minimum Gasteiger partial charge on any atom is -0.356 e. The topological polar surface area (TPSA) is 36.4 Å². The SMILES string of the molecule is CC1CN=C(NCC2(c3cccc(Br)c3)CC2)N1. The van der Waals surface area contributed by atoms with Gasteiger partial charge in [-0.25, -0.2) is 0 Å². The van der Waals surface area contributed by atoms with E-state index in [0.29, 0.717) is 11.5 Å². The fraction of sp³-hybridized carbons (Fsp3) is 0.500. The quantitative estimate of drug-likeness (QED) is 0.900. The average Bonchev–Trinajstić information content (AvgIpc) is 3.04. The second kappa shape index (κ2) is 4.57. The zero-order valence-corrected chi connectivity index (χ0v) is 12.1. The van der Waals surface area contributed by atoms with Crippen molar-refractivity contribution in [2.45, 2.75) is 31.2 Å². The molecule has 1 unspecified atom stereocenters. The Bertz CT molecular complexity index is 480. The van der Waals surface area contributed by atoms with Gasteiger partial charge in [0.1, 0.15) is 0 Å². The molecule has 1 saturated carbocycles. The summed E-state index contributed by atoms with van der Waals surface area (Å²) in [5, 5.41) is 6.80. The predicted molar refractivity (Wildman–Crippen MR) is 78.0 cm³/mol. The molecular weight excluding hydrogens is 290 g/mol. The third-order valence-electron chi connectivity index (χ3n) is 3.79. The van der Waals surface area contributed by atoms with Crippen molar-refractivity contribution < 1.29 is 0 Å². The van der Waals surface area contributed by atoms with E-state index in [4.69, 9.17) is 0 Å². The van der Waals surface area contributed by atoms with Crippen molar-refractivity contribution in [1.29, 1.82) is 0 Å². The van der Waals surface area contributed by atoms with Crippen LogP contribution in [0.25, 0.3) is 0 Å². The Labute approximate surface area is 116 Å². The molecule has 0 bridgehead atoms. The molecule has 1 aromatic rings. The van der Waals surface area contributed by atoms with Gasteiger partial charge in [0.25, 0.3) is 0 Å². The molecule has 1 atom stereocenters. The highest BCUT2D eigenvalue weighted by Crippen LogP contribution is 2.48. The van der Waals surface area contributed by atoms with E-state index in [9.17, 15) is 0 Å². The van der Waals surface area contributed by atoms with Gasteiger partial charge in [-0.2, -0.15) is 0 Å². The van der Waals surface area contributed by atoms with Crippen molar-refractivity contribution in [3.05, 3.63) is 34.3 Å². The molecule has 18 heavy (non-hydrogen) atoms. The molecule has 1 aromatic carbocycles. The molecule has 96 valence electrons. The first-order valence-electron chi connectivity index (χ1n) is 6.49. The lowest BCUT2D eigenvalue weighted by Gasteiger charge is -2.18. The Hall–Kier alpha value is -1.03. The smallest absolute Gasteiger partial charge is 0.191 e. The molecule has 0 spiro atoms. The lowest BCUT2D eigenvalue weighted by molar-refractivity contribution is 0.644. The second-order valence-electron chi connectivity index (χ2n) is 5.38. The molecule has 0 radical (unpaired) electrons. The number of aliphatic imine (C=N–C) groups is 1. The van der Waals surface area contributed by atoms with Gasteiger partial charge in [0.15, 0.2) is 5.96 Å². The maximum Gasteiger partial charge on any atom is 0.191 e. The maximum atomic E-state index is 4.44. The van der Waals surface area contributed by atoms with Crippen LogP contribution in [-0.2, 0) is 5.41 Å². The molecule has 1 heterocycles. The lowest BCUT2D eigenvalue weighted by atomic mass is 9.96. The lowest BCUT2D eigenvalue weighted by Crippen LogP contribution is -2.41. The van der Waals surface area contributed by atoms with Crippen LogP contribution in [0.2, 0.25) is 0 Å². The summed E-state index contributed by atoms with van der Waals surface area (Å²) in [4.78, 5) is 4.44. The molecular formula is C14H18BrN3. The van der Waals surface area contributed by atoms with Gasteiger partial charge >= 0.3 is 0 Å². The highest BCUT2D eigenvalue weighted by Gasteiger charge is 2.44. The summed E-state index contributed by atoms with van der Waals surface area (Å²) in [5.74, 6) is 0.962. The molecule has 0 saturated heterocycles. The summed E-state index contributed by atoms with van der Waals surface area (Å²) in [6.45, 7) is 4.01. The zero-order valence-electron chi connectivity index (χ0n) is 10.5. The van der Waals surface area contributed by atoms with Crippen molar-refractivity contribution in [2.75, 3.05) is 13.1 Å². The maximum absolute atomic E-state index is 4.44. The van der Waals surface area contributed by atoms with E-state index in [1.807, 2.05) is 0 Å². The van der Waals surface area contributed by atoms with Gasteiger partial charge in [-0.3, -0.25) is 4.99 Å². The summed E-state index contributed by atoms with van der Waals surface area (Å²) < 4.78 is 1.16. The molecule has 1 fully saturated rings. The van der Waals surface area contributed by atoms with Crippen molar-refractivity contribution >= 4 is 21.9 Å². The van der Waals surface area contributed by atoms with Crippen LogP contribution in [0.5, 0.6) is 0 Å². The first kappa shape index (κ1) is 12.0. The Morgan fingerprint density at radius 3 is 2.94 bits per heavy atom. The molecule has 1 aliphatic carbocycles.